The number of halogens is 1. The van der Waals surface area contributed by atoms with Crippen LogP contribution < -0.4 is 5.32 Å². The van der Waals surface area contributed by atoms with Gasteiger partial charge in [0.15, 0.2) is 6.04 Å². The molecule has 0 spiro atoms. The number of hydrogen-bond donors (Lipinski definition) is 1. The van der Waals surface area contributed by atoms with Gasteiger partial charge in [-0.05, 0) is 47.5 Å². The van der Waals surface area contributed by atoms with E-state index in [-0.39, 0.29) is 18.1 Å². The number of benzene rings is 2. The van der Waals surface area contributed by atoms with Crippen molar-refractivity contribution < 1.29 is 18.4 Å². The van der Waals surface area contributed by atoms with E-state index in [4.69, 9.17) is 4.42 Å². The zero-order chi connectivity index (χ0) is 23.0. The Morgan fingerprint density at radius 1 is 0.909 bits per heavy atom. The third kappa shape index (κ3) is 5.51. The predicted molar refractivity (Wildman–Crippen MR) is 120 cm³/mol. The highest BCUT2D eigenvalue weighted by atomic mass is 19.1. The van der Waals surface area contributed by atoms with Gasteiger partial charge in [0.1, 0.15) is 17.3 Å². The van der Waals surface area contributed by atoms with Gasteiger partial charge in [0.2, 0.25) is 0 Å². The van der Waals surface area contributed by atoms with Gasteiger partial charge in [-0.1, -0.05) is 48.5 Å². The molecule has 4 rings (SSSR count). The lowest BCUT2D eigenvalue weighted by molar-refractivity contribution is -0.126. The van der Waals surface area contributed by atoms with E-state index in [0.29, 0.717) is 17.9 Å². The Balaban J connectivity index is 1.68. The smallest absolute Gasteiger partial charge is 0.273 e. The lowest BCUT2D eigenvalue weighted by atomic mass is 10.1. The zero-order valence-corrected chi connectivity index (χ0v) is 17.7. The van der Waals surface area contributed by atoms with Crippen molar-refractivity contribution in [3.8, 4) is 0 Å². The molecule has 0 saturated carbocycles. The largest absolute Gasteiger partial charge is 0.467 e. The number of pyridine rings is 1. The van der Waals surface area contributed by atoms with Crippen molar-refractivity contribution in [1.82, 2.24) is 15.2 Å². The molecular weight excluding hydrogens is 421 g/mol. The summed E-state index contributed by atoms with van der Waals surface area (Å²) in [4.78, 5) is 32.4. The Bertz CT molecular complexity index is 1180. The molecule has 7 heteroatoms. The standard InChI is InChI=1S/C26H22FN3O3/c27-21-13-11-20(12-14-21)18-30(26(32)22-9-4-5-15-28-22)24(23-10-6-16-33-23)25(31)29-17-19-7-2-1-3-8-19/h1-16,24H,17-18H2,(H,29,31). The molecule has 0 fully saturated rings. The third-order valence-corrected chi connectivity index (χ3v) is 5.09. The summed E-state index contributed by atoms with van der Waals surface area (Å²) in [6.07, 6.45) is 2.97. The third-order valence-electron chi connectivity index (χ3n) is 5.09. The Hall–Kier alpha value is -4.26. The zero-order valence-electron chi connectivity index (χ0n) is 17.7. The number of hydrogen-bond acceptors (Lipinski definition) is 4. The van der Waals surface area contributed by atoms with Crippen LogP contribution in [0.5, 0.6) is 0 Å². The quantitative estimate of drug-likeness (QED) is 0.435. The molecule has 0 radical (unpaired) electrons. The number of nitrogens with zero attached hydrogens (tertiary/aromatic N) is 2. The monoisotopic (exact) mass is 443 g/mol. The van der Waals surface area contributed by atoms with Crippen LogP contribution >= 0.6 is 0 Å². The molecular formula is C26H22FN3O3. The minimum atomic E-state index is -1.05. The highest BCUT2D eigenvalue weighted by molar-refractivity contribution is 5.96. The maximum absolute atomic E-state index is 13.5. The molecule has 6 nitrogen and oxygen atoms in total. The van der Waals surface area contributed by atoms with Crippen LogP contribution in [-0.2, 0) is 17.9 Å². The Kier molecular flexibility index (Phi) is 6.90. The SMILES string of the molecule is O=C(NCc1ccccc1)C(c1ccco1)N(Cc1ccc(F)cc1)C(=O)c1ccccn1. The van der Waals surface area contributed by atoms with Gasteiger partial charge in [0.25, 0.3) is 11.8 Å². The van der Waals surface area contributed by atoms with Crippen LogP contribution in [-0.4, -0.2) is 21.7 Å². The molecule has 0 aliphatic heterocycles. The number of aromatic nitrogens is 1. The molecule has 0 bridgehead atoms. The summed E-state index contributed by atoms with van der Waals surface area (Å²) in [7, 11) is 0. The second-order valence-corrected chi connectivity index (χ2v) is 7.40. The van der Waals surface area contributed by atoms with E-state index in [1.807, 2.05) is 30.3 Å². The van der Waals surface area contributed by atoms with Gasteiger partial charge in [-0.2, -0.15) is 0 Å². The lowest BCUT2D eigenvalue weighted by Crippen LogP contribution is -2.43. The molecule has 1 unspecified atom stereocenters. The number of furan rings is 1. The molecule has 0 saturated heterocycles. The van der Waals surface area contributed by atoms with Crippen LogP contribution in [0.4, 0.5) is 4.39 Å². The first-order valence-electron chi connectivity index (χ1n) is 10.4. The number of amides is 2. The maximum atomic E-state index is 13.5. The van der Waals surface area contributed by atoms with E-state index in [9.17, 15) is 14.0 Å². The topological polar surface area (TPSA) is 75.4 Å². The summed E-state index contributed by atoms with van der Waals surface area (Å²) < 4.78 is 19.0. The normalized spacial score (nSPS) is 11.5. The van der Waals surface area contributed by atoms with Gasteiger partial charge in [-0.3, -0.25) is 14.6 Å². The predicted octanol–water partition coefficient (Wildman–Crippen LogP) is 4.51. The molecule has 0 aliphatic rings. The molecule has 1 atom stereocenters. The maximum Gasteiger partial charge on any atom is 0.273 e. The molecule has 2 aromatic heterocycles. The molecule has 2 aromatic carbocycles. The van der Waals surface area contributed by atoms with E-state index >= 15 is 0 Å². The highest BCUT2D eigenvalue weighted by Crippen LogP contribution is 2.26. The molecule has 4 aromatic rings. The minimum absolute atomic E-state index is 0.0554. The van der Waals surface area contributed by atoms with E-state index in [1.165, 1.54) is 29.5 Å². The number of carbonyl (C=O) groups is 2. The first-order valence-corrected chi connectivity index (χ1v) is 10.4. The van der Waals surface area contributed by atoms with Gasteiger partial charge in [-0.25, -0.2) is 4.39 Å². The van der Waals surface area contributed by atoms with Crippen LogP contribution in [0.3, 0.4) is 0 Å². The van der Waals surface area contributed by atoms with Crippen molar-refractivity contribution in [2.75, 3.05) is 0 Å². The van der Waals surface area contributed by atoms with E-state index in [0.717, 1.165) is 5.56 Å². The van der Waals surface area contributed by atoms with Gasteiger partial charge >= 0.3 is 0 Å². The van der Waals surface area contributed by atoms with Crippen LogP contribution in [0.25, 0.3) is 0 Å². The van der Waals surface area contributed by atoms with Crippen molar-refractivity contribution in [1.29, 1.82) is 0 Å². The van der Waals surface area contributed by atoms with Crippen LogP contribution in [0.15, 0.2) is 102 Å². The van der Waals surface area contributed by atoms with Crippen molar-refractivity contribution in [3.63, 3.8) is 0 Å². The Morgan fingerprint density at radius 3 is 2.33 bits per heavy atom. The number of carbonyl (C=O) groups excluding carboxylic acids is 2. The lowest BCUT2D eigenvalue weighted by Gasteiger charge is -2.29. The average molecular weight is 443 g/mol. The van der Waals surface area contributed by atoms with Gasteiger partial charge in [-0.15, -0.1) is 0 Å². The first kappa shape index (κ1) is 22.0. The molecule has 1 N–H and O–H groups in total. The van der Waals surface area contributed by atoms with Gasteiger partial charge in [0.05, 0.1) is 6.26 Å². The fraction of sp³-hybridized carbons (Fsp3) is 0.115. The average Bonchev–Trinajstić information content (AvgIpc) is 3.39. The summed E-state index contributed by atoms with van der Waals surface area (Å²) in [5.74, 6) is -0.923. The fourth-order valence-electron chi connectivity index (χ4n) is 3.46. The second-order valence-electron chi connectivity index (χ2n) is 7.40. The van der Waals surface area contributed by atoms with Crippen molar-refractivity contribution in [2.45, 2.75) is 19.1 Å². The first-order chi connectivity index (χ1) is 16.1. The summed E-state index contributed by atoms with van der Waals surface area (Å²) in [5, 5.41) is 2.90. The molecule has 2 heterocycles. The van der Waals surface area contributed by atoms with Gasteiger partial charge in [0, 0.05) is 19.3 Å². The van der Waals surface area contributed by atoms with Gasteiger partial charge < -0.3 is 14.6 Å². The second kappa shape index (κ2) is 10.4. The van der Waals surface area contributed by atoms with E-state index < -0.39 is 17.9 Å². The number of rotatable bonds is 8. The minimum Gasteiger partial charge on any atom is -0.467 e. The molecule has 0 aliphatic carbocycles. The molecule has 2 amide bonds. The van der Waals surface area contributed by atoms with Crippen LogP contribution in [0.2, 0.25) is 0 Å². The van der Waals surface area contributed by atoms with Crippen LogP contribution in [0.1, 0.15) is 33.4 Å². The number of nitrogens with one attached hydrogen (secondary N) is 1. The molecule has 166 valence electrons. The Labute approximate surface area is 190 Å². The van der Waals surface area contributed by atoms with Crippen molar-refractivity contribution >= 4 is 11.8 Å². The molecule has 33 heavy (non-hydrogen) atoms. The summed E-state index contributed by atoms with van der Waals surface area (Å²) in [5.41, 5.74) is 1.77. The summed E-state index contributed by atoms with van der Waals surface area (Å²) in [6.45, 7) is 0.346. The highest BCUT2D eigenvalue weighted by Gasteiger charge is 2.34. The summed E-state index contributed by atoms with van der Waals surface area (Å²) in [6, 6.07) is 22.5. The van der Waals surface area contributed by atoms with E-state index in [2.05, 4.69) is 10.3 Å². The summed E-state index contributed by atoms with van der Waals surface area (Å²) >= 11 is 0. The van der Waals surface area contributed by atoms with Crippen molar-refractivity contribution in [2.24, 2.45) is 0 Å². The Morgan fingerprint density at radius 2 is 1.67 bits per heavy atom. The van der Waals surface area contributed by atoms with E-state index in [1.54, 1.807) is 42.5 Å². The van der Waals surface area contributed by atoms with Crippen LogP contribution in [0, 0.1) is 5.82 Å². The fourth-order valence-corrected chi connectivity index (χ4v) is 3.46. The van der Waals surface area contributed by atoms with Crippen molar-refractivity contribution in [3.05, 3.63) is 126 Å².